The highest BCUT2D eigenvalue weighted by Gasteiger charge is 2.30. The molecule has 0 amide bonds. The van der Waals surface area contributed by atoms with E-state index in [1.54, 1.807) is 29.1 Å². The van der Waals surface area contributed by atoms with Crippen LogP contribution in [0.5, 0.6) is 5.75 Å². The summed E-state index contributed by atoms with van der Waals surface area (Å²) in [4.78, 5) is 6.42. The Morgan fingerprint density at radius 2 is 2.10 bits per heavy atom. The topological polar surface area (TPSA) is 67.6 Å². The molecule has 0 radical (unpaired) electrons. The van der Waals surface area contributed by atoms with Gasteiger partial charge in [0.1, 0.15) is 17.8 Å². The maximum Gasteiger partial charge on any atom is 0.393 e. The maximum atomic E-state index is 13.2. The Balaban J connectivity index is 1.73. The van der Waals surface area contributed by atoms with Gasteiger partial charge in [-0.2, -0.15) is 13.2 Å². The fourth-order valence-corrected chi connectivity index (χ4v) is 3.88. The average molecular weight is 420 g/mol. The van der Waals surface area contributed by atoms with E-state index in [2.05, 4.69) is 32.4 Å². The van der Waals surface area contributed by atoms with Crippen LogP contribution in [0.2, 0.25) is 0 Å². The quantitative estimate of drug-likeness (QED) is 0.682. The van der Waals surface area contributed by atoms with E-state index in [0.717, 1.165) is 25.9 Å². The molecule has 1 saturated heterocycles. The number of nitrogens with zero attached hydrogens (tertiary/aromatic N) is 5. The molecule has 1 aliphatic heterocycles. The number of benzene rings is 1. The van der Waals surface area contributed by atoms with E-state index in [-0.39, 0.29) is 11.6 Å². The zero-order valence-corrected chi connectivity index (χ0v) is 16.8. The Morgan fingerprint density at radius 1 is 1.27 bits per heavy atom. The van der Waals surface area contributed by atoms with Crippen LogP contribution in [0.15, 0.2) is 30.7 Å². The summed E-state index contributed by atoms with van der Waals surface area (Å²) in [6, 6.07) is 4.81. The van der Waals surface area contributed by atoms with Crippen molar-refractivity contribution in [2.24, 2.45) is 0 Å². The number of halogens is 3. The molecule has 1 atom stereocenters. The fourth-order valence-electron chi connectivity index (χ4n) is 3.88. The third-order valence-corrected chi connectivity index (χ3v) is 5.27. The standard InChI is InChI=1S/C20H23F3N6O/c1-28-7-3-4-14(11-28)25-19-27-26-18(17-10-24-12-29(17)19)16-6-5-15(30-2)8-13(16)9-20(21,22)23/h5-6,8,10,12,14H,3-4,7,9,11H2,1-2H3,(H,25,27)/t14-/m1/s1. The van der Waals surface area contributed by atoms with E-state index in [9.17, 15) is 13.2 Å². The molecule has 3 aromatic rings. The van der Waals surface area contributed by atoms with Gasteiger partial charge in [0, 0.05) is 18.2 Å². The second-order valence-corrected chi connectivity index (χ2v) is 7.58. The number of hydrogen-bond donors (Lipinski definition) is 1. The van der Waals surface area contributed by atoms with Gasteiger partial charge in [0.15, 0.2) is 0 Å². The molecular weight excluding hydrogens is 397 g/mol. The molecule has 1 aliphatic rings. The van der Waals surface area contributed by atoms with Crippen molar-refractivity contribution < 1.29 is 17.9 Å². The Labute approximate surface area is 171 Å². The minimum absolute atomic E-state index is 0.0777. The van der Waals surface area contributed by atoms with Crippen molar-refractivity contribution in [1.29, 1.82) is 0 Å². The van der Waals surface area contributed by atoms with Crippen molar-refractivity contribution >= 4 is 11.5 Å². The molecule has 4 rings (SSSR count). The summed E-state index contributed by atoms with van der Waals surface area (Å²) in [5.74, 6) is 0.882. The summed E-state index contributed by atoms with van der Waals surface area (Å²) in [7, 11) is 3.49. The number of hydrogen-bond acceptors (Lipinski definition) is 6. The summed E-state index contributed by atoms with van der Waals surface area (Å²) in [6.45, 7) is 1.94. The first-order valence-corrected chi connectivity index (χ1v) is 9.72. The third kappa shape index (κ3) is 4.33. The minimum Gasteiger partial charge on any atom is -0.497 e. The predicted molar refractivity (Wildman–Crippen MR) is 107 cm³/mol. The van der Waals surface area contributed by atoms with Gasteiger partial charge in [-0.25, -0.2) is 4.98 Å². The molecule has 2 aromatic heterocycles. The van der Waals surface area contributed by atoms with Crippen LogP contribution < -0.4 is 10.1 Å². The van der Waals surface area contributed by atoms with Crippen molar-refractivity contribution in [2.45, 2.75) is 31.5 Å². The van der Waals surface area contributed by atoms with Gasteiger partial charge in [0.25, 0.3) is 0 Å². The number of likely N-dealkylation sites (N-methyl/N-ethyl adjacent to an activating group) is 1. The molecule has 0 aliphatic carbocycles. The van der Waals surface area contributed by atoms with Crippen LogP contribution in [0, 0.1) is 0 Å². The first-order chi connectivity index (χ1) is 14.3. The largest absolute Gasteiger partial charge is 0.497 e. The number of nitrogens with one attached hydrogen (secondary N) is 1. The van der Waals surface area contributed by atoms with Crippen LogP contribution in [0.1, 0.15) is 18.4 Å². The molecule has 160 valence electrons. The molecule has 0 spiro atoms. The molecule has 1 aromatic carbocycles. The van der Waals surface area contributed by atoms with E-state index in [4.69, 9.17) is 4.74 Å². The number of imidazole rings is 1. The van der Waals surface area contributed by atoms with Crippen LogP contribution in [0.3, 0.4) is 0 Å². The Morgan fingerprint density at radius 3 is 2.83 bits per heavy atom. The van der Waals surface area contributed by atoms with Crippen molar-refractivity contribution in [2.75, 3.05) is 32.6 Å². The lowest BCUT2D eigenvalue weighted by Gasteiger charge is -2.30. The van der Waals surface area contributed by atoms with Gasteiger partial charge in [-0.3, -0.25) is 4.40 Å². The van der Waals surface area contributed by atoms with Gasteiger partial charge < -0.3 is 15.0 Å². The van der Waals surface area contributed by atoms with Crippen LogP contribution in [0.4, 0.5) is 19.1 Å². The van der Waals surface area contributed by atoms with Gasteiger partial charge >= 0.3 is 6.18 Å². The van der Waals surface area contributed by atoms with E-state index < -0.39 is 12.6 Å². The SMILES string of the molecule is COc1ccc(-c2nnc(N[C@@H]3CCCN(C)C3)n3cncc23)c(CC(F)(F)F)c1. The number of ether oxygens (including phenoxy) is 1. The lowest BCUT2D eigenvalue weighted by Crippen LogP contribution is -2.40. The molecular formula is C20H23F3N6O. The summed E-state index contributed by atoms with van der Waals surface area (Å²) < 4.78 is 46.4. The van der Waals surface area contributed by atoms with E-state index in [0.29, 0.717) is 28.5 Å². The lowest BCUT2D eigenvalue weighted by molar-refractivity contribution is -0.127. The molecule has 0 bridgehead atoms. The summed E-state index contributed by atoms with van der Waals surface area (Å²) >= 11 is 0. The zero-order valence-electron chi connectivity index (χ0n) is 16.8. The number of aromatic nitrogens is 4. The predicted octanol–water partition coefficient (Wildman–Crippen LogP) is 3.41. The summed E-state index contributed by atoms with van der Waals surface area (Å²) in [5.41, 5.74) is 1.37. The molecule has 0 unspecified atom stereocenters. The lowest BCUT2D eigenvalue weighted by atomic mass is 10.0. The first-order valence-electron chi connectivity index (χ1n) is 9.72. The number of methoxy groups -OCH3 is 1. The highest BCUT2D eigenvalue weighted by atomic mass is 19.4. The minimum atomic E-state index is -4.36. The van der Waals surface area contributed by atoms with Gasteiger partial charge in [-0.05, 0) is 50.2 Å². The van der Waals surface area contributed by atoms with Gasteiger partial charge in [-0.1, -0.05) is 0 Å². The molecule has 1 fully saturated rings. The number of anilines is 1. The third-order valence-electron chi connectivity index (χ3n) is 5.27. The molecule has 7 nitrogen and oxygen atoms in total. The van der Waals surface area contributed by atoms with Crippen LogP contribution in [-0.2, 0) is 6.42 Å². The molecule has 30 heavy (non-hydrogen) atoms. The number of fused-ring (bicyclic) bond motifs is 1. The number of likely N-dealkylation sites (tertiary alicyclic amines) is 1. The zero-order chi connectivity index (χ0) is 21.3. The normalized spacial score (nSPS) is 18.0. The molecule has 10 heteroatoms. The molecule has 0 saturated carbocycles. The van der Waals surface area contributed by atoms with E-state index >= 15 is 0 Å². The smallest absolute Gasteiger partial charge is 0.393 e. The fraction of sp³-hybridized carbons (Fsp3) is 0.450. The monoisotopic (exact) mass is 420 g/mol. The second-order valence-electron chi connectivity index (χ2n) is 7.58. The van der Waals surface area contributed by atoms with Gasteiger partial charge in [-0.15, -0.1) is 10.2 Å². The maximum absolute atomic E-state index is 13.2. The number of alkyl halides is 3. The van der Waals surface area contributed by atoms with Crippen molar-refractivity contribution in [1.82, 2.24) is 24.5 Å². The summed E-state index contributed by atoms with van der Waals surface area (Å²) in [6.07, 6.45) is -0.174. The van der Waals surface area contributed by atoms with E-state index in [1.165, 1.54) is 13.2 Å². The number of rotatable bonds is 5. The number of piperidine rings is 1. The van der Waals surface area contributed by atoms with Gasteiger partial charge in [0.2, 0.25) is 5.95 Å². The van der Waals surface area contributed by atoms with Crippen LogP contribution in [0.25, 0.3) is 16.8 Å². The van der Waals surface area contributed by atoms with E-state index in [1.807, 2.05) is 0 Å². The average Bonchev–Trinajstić information content (AvgIpc) is 3.18. The highest BCUT2D eigenvalue weighted by Crippen LogP contribution is 2.33. The van der Waals surface area contributed by atoms with Crippen molar-refractivity contribution in [3.63, 3.8) is 0 Å². The van der Waals surface area contributed by atoms with Crippen LogP contribution >= 0.6 is 0 Å². The van der Waals surface area contributed by atoms with Crippen LogP contribution in [-0.4, -0.2) is 63.9 Å². The second kappa shape index (κ2) is 8.10. The highest BCUT2D eigenvalue weighted by molar-refractivity contribution is 5.79. The van der Waals surface area contributed by atoms with Crippen molar-refractivity contribution in [3.05, 3.63) is 36.3 Å². The van der Waals surface area contributed by atoms with Crippen molar-refractivity contribution in [3.8, 4) is 17.0 Å². The Kier molecular flexibility index (Phi) is 5.50. The Hall–Kier alpha value is -2.88. The summed E-state index contributed by atoms with van der Waals surface area (Å²) in [5, 5.41) is 12.0. The first kappa shape index (κ1) is 20.4. The molecule has 3 heterocycles. The van der Waals surface area contributed by atoms with Gasteiger partial charge in [0.05, 0.1) is 25.2 Å². The Bertz CT molecular complexity index is 1040. The molecule has 1 N–H and O–H groups in total.